The van der Waals surface area contributed by atoms with Crippen LogP contribution < -0.4 is 5.32 Å². The Morgan fingerprint density at radius 2 is 1.62 bits per heavy atom. The number of carbonyl (C=O) groups excluding carboxylic acids is 1. The molecule has 3 aliphatic rings. The van der Waals surface area contributed by atoms with Crippen molar-refractivity contribution in [2.75, 3.05) is 13.1 Å². The third-order valence-corrected chi connectivity index (χ3v) is 6.14. The quantitative estimate of drug-likeness (QED) is 0.893. The van der Waals surface area contributed by atoms with Crippen LogP contribution in [0.4, 0.5) is 0 Å². The van der Waals surface area contributed by atoms with Crippen LogP contribution in [0.15, 0.2) is 24.3 Å². The van der Waals surface area contributed by atoms with Gasteiger partial charge < -0.3 is 10.2 Å². The van der Waals surface area contributed by atoms with E-state index in [0.717, 1.165) is 30.4 Å². The Bertz CT molecular complexity index is 550. The molecule has 1 saturated heterocycles. The second-order valence-electron chi connectivity index (χ2n) is 8.07. The van der Waals surface area contributed by atoms with Gasteiger partial charge in [0.05, 0.1) is 0 Å². The molecule has 1 heterocycles. The van der Waals surface area contributed by atoms with E-state index < -0.39 is 0 Å². The highest BCUT2D eigenvalue weighted by Crippen LogP contribution is 2.29. The molecular formula is C21H30N2O. The summed E-state index contributed by atoms with van der Waals surface area (Å²) in [4.78, 5) is 14.8. The average Bonchev–Trinajstić information content (AvgIpc) is 3.25. The highest BCUT2D eigenvalue weighted by Gasteiger charge is 2.27. The zero-order valence-electron chi connectivity index (χ0n) is 14.7. The van der Waals surface area contributed by atoms with Crippen molar-refractivity contribution in [3.05, 3.63) is 35.4 Å². The summed E-state index contributed by atoms with van der Waals surface area (Å²) in [5, 5.41) is 3.06. The molecule has 0 unspecified atom stereocenters. The Hall–Kier alpha value is -1.35. The third-order valence-electron chi connectivity index (χ3n) is 6.14. The van der Waals surface area contributed by atoms with Gasteiger partial charge in [-0.1, -0.05) is 25.0 Å². The van der Waals surface area contributed by atoms with Gasteiger partial charge in [0.15, 0.2) is 0 Å². The number of nitrogens with zero attached hydrogens (tertiary/aromatic N) is 1. The molecule has 0 aromatic heterocycles. The van der Waals surface area contributed by atoms with E-state index in [-0.39, 0.29) is 5.91 Å². The monoisotopic (exact) mass is 326 g/mol. The summed E-state index contributed by atoms with van der Waals surface area (Å²) in [7, 11) is 0. The lowest BCUT2D eigenvalue weighted by Crippen LogP contribution is -2.40. The van der Waals surface area contributed by atoms with Gasteiger partial charge in [-0.05, 0) is 81.6 Å². The van der Waals surface area contributed by atoms with Crippen molar-refractivity contribution >= 4 is 5.91 Å². The van der Waals surface area contributed by atoms with E-state index in [2.05, 4.69) is 22.3 Å². The van der Waals surface area contributed by atoms with Crippen molar-refractivity contribution in [1.29, 1.82) is 0 Å². The van der Waals surface area contributed by atoms with Gasteiger partial charge >= 0.3 is 0 Å². The first-order valence-corrected chi connectivity index (χ1v) is 9.92. The van der Waals surface area contributed by atoms with E-state index >= 15 is 0 Å². The molecule has 3 heteroatoms. The second-order valence-corrected chi connectivity index (χ2v) is 8.07. The third kappa shape index (κ3) is 4.00. The Morgan fingerprint density at radius 3 is 2.25 bits per heavy atom. The highest BCUT2D eigenvalue weighted by atomic mass is 16.1. The van der Waals surface area contributed by atoms with Gasteiger partial charge in [0, 0.05) is 17.6 Å². The molecule has 3 fully saturated rings. The van der Waals surface area contributed by atoms with E-state index in [0.29, 0.717) is 6.04 Å². The van der Waals surface area contributed by atoms with Gasteiger partial charge in [-0.3, -0.25) is 4.79 Å². The fraction of sp³-hybridized carbons (Fsp3) is 0.667. The second kappa shape index (κ2) is 7.26. The van der Waals surface area contributed by atoms with Gasteiger partial charge in [-0.25, -0.2) is 0 Å². The molecule has 0 atom stereocenters. The molecule has 2 aliphatic carbocycles. The van der Waals surface area contributed by atoms with Gasteiger partial charge in [-0.2, -0.15) is 0 Å². The molecule has 0 spiro atoms. The smallest absolute Gasteiger partial charge is 0.251 e. The van der Waals surface area contributed by atoms with E-state index in [1.54, 1.807) is 0 Å². The molecule has 24 heavy (non-hydrogen) atoms. The summed E-state index contributed by atoms with van der Waals surface area (Å²) in [6, 6.07) is 9.63. The zero-order valence-corrected chi connectivity index (χ0v) is 14.7. The Labute approximate surface area is 145 Å². The summed E-state index contributed by atoms with van der Waals surface area (Å²) in [6.45, 7) is 2.58. The summed E-state index contributed by atoms with van der Waals surface area (Å²) in [5.74, 6) is 0.905. The maximum absolute atomic E-state index is 12.0. The number of benzene rings is 1. The number of amides is 1. The van der Waals surface area contributed by atoms with Crippen LogP contribution in [0, 0.1) is 5.92 Å². The number of hydrogen-bond donors (Lipinski definition) is 1. The van der Waals surface area contributed by atoms with E-state index in [9.17, 15) is 4.79 Å². The fourth-order valence-corrected chi connectivity index (χ4v) is 4.41. The van der Waals surface area contributed by atoms with Crippen LogP contribution in [0.3, 0.4) is 0 Å². The molecular weight excluding hydrogens is 296 g/mol. The normalized spacial score (nSPS) is 23.5. The van der Waals surface area contributed by atoms with Crippen LogP contribution in [-0.4, -0.2) is 36.0 Å². The molecule has 1 aromatic carbocycles. The van der Waals surface area contributed by atoms with E-state index in [1.165, 1.54) is 63.6 Å². The molecule has 4 rings (SSSR count). The predicted octanol–water partition coefficient (Wildman–Crippen LogP) is 3.78. The predicted molar refractivity (Wildman–Crippen MR) is 97.2 cm³/mol. The minimum absolute atomic E-state index is 0.0916. The van der Waals surface area contributed by atoms with Crippen LogP contribution in [0.2, 0.25) is 0 Å². The molecule has 130 valence electrons. The molecule has 1 aromatic rings. The maximum Gasteiger partial charge on any atom is 0.251 e. The lowest BCUT2D eigenvalue weighted by Gasteiger charge is -2.36. The number of nitrogens with one attached hydrogen (secondary N) is 1. The molecule has 0 radical (unpaired) electrons. The van der Waals surface area contributed by atoms with Crippen molar-refractivity contribution in [1.82, 2.24) is 10.2 Å². The van der Waals surface area contributed by atoms with Gasteiger partial charge in [0.25, 0.3) is 5.91 Å². The topological polar surface area (TPSA) is 32.3 Å². The number of likely N-dealkylation sites (tertiary alicyclic amines) is 1. The summed E-state index contributed by atoms with van der Waals surface area (Å²) in [5.41, 5.74) is 2.19. The van der Waals surface area contributed by atoms with E-state index in [1.807, 2.05) is 12.1 Å². The standard InChI is InChI=1S/C21H30N2O/c24-21(22-19-9-10-19)18-7-5-16(6-8-18)15-17-11-13-23(14-12-17)20-3-1-2-4-20/h5-8,17,19-20H,1-4,9-15H2,(H,22,24). The summed E-state index contributed by atoms with van der Waals surface area (Å²) < 4.78 is 0. The first-order chi connectivity index (χ1) is 11.8. The number of rotatable bonds is 5. The average molecular weight is 326 g/mol. The first-order valence-electron chi connectivity index (χ1n) is 9.92. The molecule has 1 N–H and O–H groups in total. The number of carbonyl (C=O) groups is 1. The lowest BCUT2D eigenvalue weighted by molar-refractivity contribution is 0.0951. The molecule has 1 amide bonds. The number of piperidine rings is 1. The maximum atomic E-state index is 12.0. The van der Waals surface area contributed by atoms with Crippen LogP contribution in [-0.2, 0) is 6.42 Å². The van der Waals surface area contributed by atoms with Gasteiger partial charge in [0.1, 0.15) is 0 Å². The molecule has 2 saturated carbocycles. The fourth-order valence-electron chi connectivity index (χ4n) is 4.41. The lowest BCUT2D eigenvalue weighted by atomic mass is 9.89. The molecule has 0 bridgehead atoms. The van der Waals surface area contributed by atoms with E-state index in [4.69, 9.17) is 0 Å². The summed E-state index contributed by atoms with van der Waals surface area (Å²) >= 11 is 0. The Balaban J connectivity index is 1.25. The summed E-state index contributed by atoms with van der Waals surface area (Å²) in [6.07, 6.45) is 11.8. The van der Waals surface area contributed by atoms with Gasteiger partial charge in [0.2, 0.25) is 0 Å². The Kier molecular flexibility index (Phi) is 4.88. The number of hydrogen-bond acceptors (Lipinski definition) is 2. The van der Waals surface area contributed by atoms with Crippen molar-refractivity contribution in [2.24, 2.45) is 5.92 Å². The van der Waals surface area contributed by atoms with Crippen molar-refractivity contribution in [3.8, 4) is 0 Å². The minimum atomic E-state index is 0.0916. The van der Waals surface area contributed by atoms with Crippen molar-refractivity contribution < 1.29 is 4.79 Å². The van der Waals surface area contributed by atoms with Crippen molar-refractivity contribution in [2.45, 2.75) is 69.9 Å². The van der Waals surface area contributed by atoms with Crippen LogP contribution >= 0.6 is 0 Å². The SMILES string of the molecule is O=C(NC1CC1)c1ccc(CC2CCN(C3CCCC3)CC2)cc1. The van der Waals surface area contributed by atoms with Crippen LogP contribution in [0.25, 0.3) is 0 Å². The molecule has 1 aliphatic heterocycles. The Morgan fingerprint density at radius 1 is 0.958 bits per heavy atom. The largest absolute Gasteiger partial charge is 0.349 e. The van der Waals surface area contributed by atoms with Crippen molar-refractivity contribution in [3.63, 3.8) is 0 Å². The van der Waals surface area contributed by atoms with Crippen LogP contribution in [0.1, 0.15) is 67.3 Å². The minimum Gasteiger partial charge on any atom is -0.349 e. The van der Waals surface area contributed by atoms with Crippen LogP contribution in [0.5, 0.6) is 0 Å². The zero-order chi connectivity index (χ0) is 16.4. The molecule has 3 nitrogen and oxygen atoms in total. The highest BCUT2D eigenvalue weighted by molar-refractivity contribution is 5.94. The van der Waals surface area contributed by atoms with Gasteiger partial charge in [-0.15, -0.1) is 0 Å². The first kappa shape index (κ1) is 16.1.